The summed E-state index contributed by atoms with van der Waals surface area (Å²) in [6.07, 6.45) is 3.20. The van der Waals surface area contributed by atoms with Gasteiger partial charge in [-0.15, -0.1) is 0 Å². The summed E-state index contributed by atoms with van der Waals surface area (Å²) in [5, 5.41) is 10.8. The van der Waals surface area contributed by atoms with Crippen molar-refractivity contribution in [1.29, 1.82) is 0 Å². The molecule has 0 saturated carbocycles. The zero-order valence-corrected chi connectivity index (χ0v) is 19.0. The molecule has 3 aliphatic heterocycles. The first-order chi connectivity index (χ1) is 15.5. The lowest BCUT2D eigenvalue weighted by molar-refractivity contribution is -0.0151. The van der Waals surface area contributed by atoms with E-state index >= 15 is 0 Å². The van der Waals surface area contributed by atoms with Crippen LogP contribution < -0.4 is 4.74 Å². The van der Waals surface area contributed by atoms with Gasteiger partial charge in [-0.25, -0.2) is 8.42 Å². The number of aliphatic hydroxyl groups excluding tert-OH is 1. The van der Waals surface area contributed by atoms with Gasteiger partial charge in [-0.3, -0.25) is 0 Å². The van der Waals surface area contributed by atoms with Crippen molar-refractivity contribution in [3.05, 3.63) is 59.7 Å². The molecule has 172 valence electrons. The van der Waals surface area contributed by atoms with Gasteiger partial charge < -0.3 is 14.6 Å². The van der Waals surface area contributed by atoms with E-state index in [0.717, 1.165) is 38.9 Å². The molecule has 0 bridgehead atoms. The highest BCUT2D eigenvalue weighted by Crippen LogP contribution is 2.40. The number of aliphatic hydroxyl groups is 1. The largest absolute Gasteiger partial charge is 0.490 e. The molecule has 0 radical (unpaired) electrons. The molecule has 32 heavy (non-hydrogen) atoms. The average molecular weight is 458 g/mol. The maximum absolute atomic E-state index is 13.3. The molecule has 3 aliphatic rings. The summed E-state index contributed by atoms with van der Waals surface area (Å²) in [5.74, 6) is 1.35. The smallest absolute Gasteiger partial charge is 0.243 e. The average Bonchev–Trinajstić information content (AvgIpc) is 2.85. The Balaban J connectivity index is 1.30. The Labute approximate surface area is 190 Å². The van der Waals surface area contributed by atoms with Gasteiger partial charge in [0.2, 0.25) is 10.0 Å². The van der Waals surface area contributed by atoms with Crippen molar-refractivity contribution in [2.45, 2.75) is 55.1 Å². The number of piperidine rings is 1. The second-order valence-corrected chi connectivity index (χ2v) is 11.1. The van der Waals surface area contributed by atoms with Crippen LogP contribution in [-0.2, 0) is 14.8 Å². The van der Waals surface area contributed by atoms with Gasteiger partial charge >= 0.3 is 0 Å². The molecule has 1 N–H and O–H groups in total. The van der Waals surface area contributed by atoms with E-state index in [1.165, 1.54) is 5.56 Å². The van der Waals surface area contributed by atoms with Crippen molar-refractivity contribution in [2.75, 3.05) is 26.3 Å². The molecular formula is C25H31NO5S. The maximum Gasteiger partial charge on any atom is 0.243 e. The molecule has 2 aromatic rings. The third-order valence-electron chi connectivity index (χ3n) is 7.23. The zero-order chi connectivity index (χ0) is 22.1. The number of ether oxygens (including phenoxy) is 2. The number of rotatable bonds is 4. The minimum absolute atomic E-state index is 0.0547. The highest BCUT2D eigenvalue weighted by atomic mass is 32.2. The minimum atomic E-state index is -3.61. The molecule has 0 aliphatic carbocycles. The van der Waals surface area contributed by atoms with E-state index in [4.69, 9.17) is 9.47 Å². The number of benzene rings is 2. The van der Waals surface area contributed by atoms with E-state index in [1.54, 1.807) is 22.5 Å². The summed E-state index contributed by atoms with van der Waals surface area (Å²) in [6.45, 7) is 2.46. The van der Waals surface area contributed by atoms with Crippen LogP contribution in [0.5, 0.6) is 5.75 Å². The molecule has 0 aromatic heterocycles. The molecule has 7 heteroatoms. The summed E-state index contributed by atoms with van der Waals surface area (Å²) in [5.41, 5.74) is 1.85. The van der Waals surface area contributed by atoms with Crippen molar-refractivity contribution in [3.63, 3.8) is 0 Å². The Morgan fingerprint density at radius 1 is 0.938 bits per heavy atom. The first-order valence-corrected chi connectivity index (χ1v) is 13.1. The van der Waals surface area contributed by atoms with Crippen LogP contribution in [0.4, 0.5) is 0 Å². The van der Waals surface area contributed by atoms with E-state index in [1.807, 2.05) is 18.2 Å². The van der Waals surface area contributed by atoms with Crippen LogP contribution in [0.1, 0.15) is 55.3 Å². The molecule has 2 fully saturated rings. The fourth-order valence-electron chi connectivity index (χ4n) is 5.29. The third kappa shape index (κ3) is 4.31. The molecule has 2 saturated heterocycles. The van der Waals surface area contributed by atoms with Gasteiger partial charge in [0, 0.05) is 44.2 Å². The van der Waals surface area contributed by atoms with Crippen LogP contribution in [-0.4, -0.2) is 50.2 Å². The van der Waals surface area contributed by atoms with Gasteiger partial charge in [0.15, 0.2) is 0 Å². The fraction of sp³-hybridized carbons (Fsp3) is 0.520. The summed E-state index contributed by atoms with van der Waals surface area (Å²) in [6, 6.07) is 15.3. The van der Waals surface area contributed by atoms with Crippen molar-refractivity contribution >= 4 is 10.0 Å². The van der Waals surface area contributed by atoms with E-state index in [9.17, 15) is 13.5 Å². The number of nitrogens with zero attached hydrogens (tertiary/aromatic N) is 1. The predicted octanol–water partition coefficient (Wildman–Crippen LogP) is 3.87. The maximum atomic E-state index is 13.3. The van der Waals surface area contributed by atoms with Crippen LogP contribution >= 0.6 is 0 Å². The second kappa shape index (κ2) is 9.14. The quantitative estimate of drug-likeness (QED) is 0.754. The van der Waals surface area contributed by atoms with Crippen molar-refractivity contribution in [1.82, 2.24) is 4.31 Å². The molecule has 6 nitrogen and oxygen atoms in total. The highest BCUT2D eigenvalue weighted by Gasteiger charge is 2.35. The molecule has 3 heterocycles. The summed E-state index contributed by atoms with van der Waals surface area (Å²) in [7, 11) is -3.61. The van der Waals surface area contributed by atoms with Crippen LogP contribution in [0.3, 0.4) is 0 Å². The Kier molecular flexibility index (Phi) is 6.25. The van der Waals surface area contributed by atoms with Crippen LogP contribution in [0.15, 0.2) is 53.4 Å². The van der Waals surface area contributed by atoms with Gasteiger partial charge in [0.1, 0.15) is 11.9 Å². The molecule has 5 rings (SSSR count). The normalized spacial score (nSPS) is 25.8. The highest BCUT2D eigenvalue weighted by molar-refractivity contribution is 7.89. The summed E-state index contributed by atoms with van der Waals surface area (Å²) < 4.78 is 39.9. The number of fused-ring (bicyclic) bond motifs is 1. The molecule has 2 unspecified atom stereocenters. The lowest BCUT2D eigenvalue weighted by Gasteiger charge is -2.36. The Morgan fingerprint density at radius 2 is 1.66 bits per heavy atom. The Bertz CT molecular complexity index is 1030. The van der Waals surface area contributed by atoms with Gasteiger partial charge in [0.05, 0.1) is 11.0 Å². The van der Waals surface area contributed by atoms with Gasteiger partial charge in [-0.2, -0.15) is 4.31 Å². The summed E-state index contributed by atoms with van der Waals surface area (Å²) >= 11 is 0. The van der Waals surface area contributed by atoms with E-state index in [0.29, 0.717) is 42.7 Å². The van der Waals surface area contributed by atoms with Crippen LogP contribution in [0, 0.1) is 5.92 Å². The molecule has 0 amide bonds. The van der Waals surface area contributed by atoms with Crippen molar-refractivity contribution in [2.24, 2.45) is 5.92 Å². The first kappa shape index (κ1) is 21.9. The predicted molar refractivity (Wildman–Crippen MR) is 121 cm³/mol. The third-order valence-corrected chi connectivity index (χ3v) is 9.12. The lowest BCUT2D eigenvalue weighted by atomic mass is 9.87. The van der Waals surface area contributed by atoms with Gasteiger partial charge in [0.25, 0.3) is 0 Å². The molecular weight excluding hydrogens is 426 g/mol. The van der Waals surface area contributed by atoms with Crippen molar-refractivity contribution < 1.29 is 23.0 Å². The fourth-order valence-corrected chi connectivity index (χ4v) is 6.80. The van der Waals surface area contributed by atoms with Crippen LogP contribution in [0.25, 0.3) is 0 Å². The van der Waals surface area contributed by atoms with Gasteiger partial charge in [-0.05, 0) is 55.4 Å². The minimum Gasteiger partial charge on any atom is -0.490 e. The topological polar surface area (TPSA) is 76.1 Å². The van der Waals surface area contributed by atoms with E-state index in [2.05, 4.69) is 12.1 Å². The lowest BCUT2D eigenvalue weighted by Crippen LogP contribution is -2.38. The number of hydrogen-bond donors (Lipinski definition) is 1. The molecule has 0 spiro atoms. The first-order valence-electron chi connectivity index (χ1n) is 11.6. The standard InChI is InChI=1S/C25H31NO5S/c27-23-17-25(20-10-14-30-15-11-20)31-24-7-6-21(16-22(23)24)32(28,29)26-12-8-19(9-13-26)18-4-2-1-3-5-18/h1-7,16,19-20,23,25,27H,8-15,17H2. The number of sulfonamides is 1. The number of hydrogen-bond acceptors (Lipinski definition) is 5. The van der Waals surface area contributed by atoms with Gasteiger partial charge in [-0.1, -0.05) is 30.3 Å². The van der Waals surface area contributed by atoms with Crippen molar-refractivity contribution in [3.8, 4) is 5.75 Å². The monoisotopic (exact) mass is 457 g/mol. The van der Waals surface area contributed by atoms with Crippen LogP contribution in [0.2, 0.25) is 0 Å². The summed E-state index contributed by atoms with van der Waals surface area (Å²) in [4.78, 5) is 0.238. The molecule has 2 atom stereocenters. The molecule has 2 aromatic carbocycles. The zero-order valence-electron chi connectivity index (χ0n) is 18.2. The van der Waals surface area contributed by atoms with E-state index in [-0.39, 0.29) is 11.0 Å². The Hall–Kier alpha value is -1.93. The Morgan fingerprint density at radius 3 is 2.38 bits per heavy atom. The van der Waals surface area contributed by atoms with E-state index < -0.39 is 16.1 Å². The second-order valence-electron chi connectivity index (χ2n) is 9.15. The SMILES string of the molecule is O=S(=O)(c1ccc2c(c1)C(O)CC(C1CCOCC1)O2)N1CCC(c2ccccc2)CC1.